The maximum Gasteiger partial charge on any atom is 0.309 e. The average molecular weight is 428 g/mol. The van der Waals surface area contributed by atoms with Crippen molar-refractivity contribution in [3.8, 4) is 11.5 Å². The molecule has 2 aromatic heterocycles. The minimum absolute atomic E-state index is 0.0379. The molecule has 9 heteroatoms. The number of carbonyl (C=O) groups excluding carboxylic acids is 3. The lowest BCUT2D eigenvalue weighted by Crippen LogP contribution is -2.39. The van der Waals surface area contributed by atoms with Gasteiger partial charge >= 0.3 is 11.8 Å². The molecule has 1 aliphatic rings. The van der Waals surface area contributed by atoms with Crippen LogP contribution in [-0.2, 0) is 22.7 Å². The van der Waals surface area contributed by atoms with Gasteiger partial charge in [0.1, 0.15) is 0 Å². The van der Waals surface area contributed by atoms with E-state index in [1.807, 2.05) is 11.4 Å². The van der Waals surface area contributed by atoms with Crippen molar-refractivity contribution in [2.75, 3.05) is 6.79 Å². The van der Waals surface area contributed by atoms with E-state index in [0.717, 1.165) is 10.4 Å². The molecular formula is C20H16N2O5S2. The molecule has 7 nitrogen and oxygen atoms in total. The summed E-state index contributed by atoms with van der Waals surface area (Å²) in [7, 11) is 0. The van der Waals surface area contributed by atoms with Gasteiger partial charge in [-0.15, -0.1) is 22.7 Å². The second kappa shape index (κ2) is 8.46. The first kappa shape index (κ1) is 19.2. The summed E-state index contributed by atoms with van der Waals surface area (Å²) < 4.78 is 10.5. The normalized spacial score (nSPS) is 11.9. The standard InChI is InChI=1S/C20H16N2O5S2/c23-18(16-2-1-7-28-16)17-6-4-13(29-17)10-22-20(25)19(24)21-9-12-3-5-14-15(8-12)27-11-26-14/h1-8H,9-11H2,(H,21,24)(H,22,25). The Labute approximate surface area is 174 Å². The Bertz CT molecular complexity index is 1060. The Hall–Kier alpha value is -3.17. The smallest absolute Gasteiger partial charge is 0.309 e. The van der Waals surface area contributed by atoms with Gasteiger partial charge in [0.2, 0.25) is 12.6 Å². The number of amides is 2. The molecule has 1 aliphatic heterocycles. The number of rotatable bonds is 6. The van der Waals surface area contributed by atoms with E-state index in [2.05, 4.69) is 10.6 Å². The fourth-order valence-corrected chi connectivity index (χ4v) is 4.33. The molecule has 2 N–H and O–H groups in total. The summed E-state index contributed by atoms with van der Waals surface area (Å²) in [6, 6.07) is 12.4. The lowest BCUT2D eigenvalue weighted by atomic mass is 10.2. The summed E-state index contributed by atoms with van der Waals surface area (Å²) in [5.74, 6) is -0.221. The molecule has 0 saturated heterocycles. The predicted molar refractivity (Wildman–Crippen MR) is 108 cm³/mol. The van der Waals surface area contributed by atoms with Crippen LogP contribution in [0.25, 0.3) is 0 Å². The third-order valence-corrected chi connectivity index (χ3v) is 6.10. The van der Waals surface area contributed by atoms with Gasteiger partial charge < -0.3 is 20.1 Å². The second-order valence-electron chi connectivity index (χ2n) is 6.13. The van der Waals surface area contributed by atoms with Gasteiger partial charge in [-0.3, -0.25) is 14.4 Å². The molecule has 4 rings (SSSR count). The fourth-order valence-electron chi connectivity index (χ4n) is 2.69. The highest BCUT2D eigenvalue weighted by Crippen LogP contribution is 2.32. The van der Waals surface area contributed by atoms with Crippen molar-refractivity contribution in [1.29, 1.82) is 0 Å². The van der Waals surface area contributed by atoms with Gasteiger partial charge in [-0.25, -0.2) is 0 Å². The summed E-state index contributed by atoms with van der Waals surface area (Å²) >= 11 is 2.69. The molecule has 3 aromatic rings. The van der Waals surface area contributed by atoms with Crippen molar-refractivity contribution in [3.05, 3.63) is 68.0 Å². The van der Waals surface area contributed by atoms with Crippen LogP contribution in [0.15, 0.2) is 47.8 Å². The summed E-state index contributed by atoms with van der Waals surface area (Å²) in [6.07, 6.45) is 0. The third-order valence-electron chi connectivity index (χ3n) is 4.15. The highest BCUT2D eigenvalue weighted by atomic mass is 32.1. The number of nitrogens with one attached hydrogen (secondary N) is 2. The minimum atomic E-state index is -0.731. The topological polar surface area (TPSA) is 93.7 Å². The number of benzene rings is 1. The van der Waals surface area contributed by atoms with Crippen LogP contribution in [0.2, 0.25) is 0 Å². The quantitative estimate of drug-likeness (QED) is 0.465. The molecule has 0 radical (unpaired) electrons. The van der Waals surface area contributed by atoms with Crippen LogP contribution in [0.4, 0.5) is 0 Å². The van der Waals surface area contributed by atoms with Crippen LogP contribution in [0, 0.1) is 0 Å². The van der Waals surface area contributed by atoms with E-state index < -0.39 is 11.8 Å². The number of thiophene rings is 2. The van der Waals surface area contributed by atoms with Gasteiger partial charge in [0, 0.05) is 11.4 Å². The Kier molecular flexibility index (Phi) is 5.59. The van der Waals surface area contributed by atoms with E-state index in [1.165, 1.54) is 22.7 Å². The third kappa shape index (κ3) is 4.47. The number of hydrogen-bond donors (Lipinski definition) is 2. The maximum atomic E-state index is 12.3. The van der Waals surface area contributed by atoms with E-state index >= 15 is 0 Å². The summed E-state index contributed by atoms with van der Waals surface area (Å²) in [4.78, 5) is 38.4. The first-order valence-electron chi connectivity index (χ1n) is 8.71. The molecule has 0 fully saturated rings. The predicted octanol–water partition coefficient (Wildman–Crippen LogP) is 2.70. The zero-order chi connectivity index (χ0) is 20.2. The number of carbonyl (C=O) groups is 3. The monoisotopic (exact) mass is 428 g/mol. The molecular weight excluding hydrogens is 412 g/mol. The van der Waals surface area contributed by atoms with E-state index in [9.17, 15) is 14.4 Å². The zero-order valence-corrected chi connectivity index (χ0v) is 16.7. The zero-order valence-electron chi connectivity index (χ0n) is 15.1. The molecule has 0 bridgehead atoms. The molecule has 29 heavy (non-hydrogen) atoms. The van der Waals surface area contributed by atoms with Crippen molar-refractivity contribution in [3.63, 3.8) is 0 Å². The first-order chi connectivity index (χ1) is 14.1. The fraction of sp³-hybridized carbons (Fsp3) is 0.150. The van der Waals surface area contributed by atoms with Crippen LogP contribution in [0.1, 0.15) is 25.0 Å². The van der Waals surface area contributed by atoms with Crippen molar-refractivity contribution in [1.82, 2.24) is 10.6 Å². The van der Waals surface area contributed by atoms with Crippen molar-refractivity contribution in [2.24, 2.45) is 0 Å². The number of fused-ring (bicyclic) bond motifs is 1. The van der Waals surface area contributed by atoms with Gasteiger partial charge in [-0.2, -0.15) is 0 Å². The largest absolute Gasteiger partial charge is 0.454 e. The number of hydrogen-bond acceptors (Lipinski definition) is 7. The molecule has 0 spiro atoms. The Morgan fingerprint density at radius 1 is 0.897 bits per heavy atom. The van der Waals surface area contributed by atoms with Crippen molar-refractivity contribution < 1.29 is 23.9 Å². The van der Waals surface area contributed by atoms with Gasteiger partial charge in [0.05, 0.1) is 16.3 Å². The van der Waals surface area contributed by atoms with E-state index in [0.29, 0.717) is 21.3 Å². The maximum absolute atomic E-state index is 12.3. The Morgan fingerprint density at radius 2 is 1.69 bits per heavy atom. The van der Waals surface area contributed by atoms with Gasteiger partial charge in [-0.1, -0.05) is 12.1 Å². The number of ether oxygens (including phenoxy) is 2. The lowest BCUT2D eigenvalue weighted by molar-refractivity contribution is -0.139. The lowest BCUT2D eigenvalue weighted by Gasteiger charge is -2.06. The average Bonchev–Trinajstić information content (AvgIpc) is 3.50. The van der Waals surface area contributed by atoms with Gasteiger partial charge in [-0.05, 0) is 41.3 Å². The molecule has 1 aromatic carbocycles. The first-order valence-corrected chi connectivity index (χ1v) is 10.4. The molecule has 0 saturated carbocycles. The molecule has 2 amide bonds. The minimum Gasteiger partial charge on any atom is -0.454 e. The van der Waals surface area contributed by atoms with Crippen LogP contribution >= 0.6 is 22.7 Å². The van der Waals surface area contributed by atoms with Crippen molar-refractivity contribution in [2.45, 2.75) is 13.1 Å². The van der Waals surface area contributed by atoms with Crippen molar-refractivity contribution >= 4 is 40.3 Å². The molecule has 0 unspecified atom stereocenters. The Morgan fingerprint density at radius 3 is 2.48 bits per heavy atom. The van der Waals surface area contributed by atoms with Crippen LogP contribution < -0.4 is 20.1 Å². The van der Waals surface area contributed by atoms with Crippen LogP contribution in [0.5, 0.6) is 11.5 Å². The summed E-state index contributed by atoms with van der Waals surface area (Å²) in [5, 5.41) is 6.99. The summed E-state index contributed by atoms with van der Waals surface area (Å²) in [5.41, 5.74) is 0.797. The van der Waals surface area contributed by atoms with Gasteiger partial charge in [0.25, 0.3) is 0 Å². The van der Waals surface area contributed by atoms with E-state index in [1.54, 1.807) is 36.4 Å². The van der Waals surface area contributed by atoms with Crippen LogP contribution in [0.3, 0.4) is 0 Å². The van der Waals surface area contributed by atoms with Gasteiger partial charge in [0.15, 0.2) is 11.5 Å². The highest BCUT2D eigenvalue weighted by molar-refractivity contribution is 7.16. The van der Waals surface area contributed by atoms with E-state index in [4.69, 9.17) is 9.47 Å². The van der Waals surface area contributed by atoms with E-state index in [-0.39, 0.29) is 25.7 Å². The molecule has 0 atom stereocenters. The Balaban J connectivity index is 1.26. The molecule has 0 aliphatic carbocycles. The SMILES string of the molecule is O=C(NCc1ccc2c(c1)OCO2)C(=O)NCc1ccc(C(=O)c2cccs2)s1. The second-order valence-corrected chi connectivity index (χ2v) is 8.24. The summed E-state index contributed by atoms with van der Waals surface area (Å²) in [6.45, 7) is 0.553. The molecule has 148 valence electrons. The highest BCUT2D eigenvalue weighted by Gasteiger charge is 2.17. The molecule has 3 heterocycles. The van der Waals surface area contributed by atoms with Crippen LogP contribution in [-0.4, -0.2) is 24.4 Å². The number of ketones is 1.